The van der Waals surface area contributed by atoms with Gasteiger partial charge in [0.1, 0.15) is 12.4 Å². The molecule has 9 heteroatoms. The fourth-order valence-electron chi connectivity index (χ4n) is 4.50. The molecule has 4 aromatic rings. The number of anilines is 1. The van der Waals surface area contributed by atoms with Crippen LogP contribution in [0.4, 0.5) is 5.82 Å². The zero-order chi connectivity index (χ0) is 26.0. The first-order valence-corrected chi connectivity index (χ1v) is 13.2. The first-order valence-electron chi connectivity index (χ1n) is 13.2. The van der Waals surface area contributed by atoms with Gasteiger partial charge in [-0.15, -0.1) is 12.4 Å². The maximum atomic E-state index is 12.8. The van der Waals surface area contributed by atoms with Crippen LogP contribution in [-0.4, -0.2) is 67.1 Å². The zero-order valence-electron chi connectivity index (χ0n) is 21.9. The number of aryl methyl sites for hydroxylation is 1. The molecule has 1 fully saturated rings. The summed E-state index contributed by atoms with van der Waals surface area (Å²) in [6.45, 7) is 6.25. The molecule has 0 bridgehead atoms. The first-order chi connectivity index (χ1) is 18.7. The van der Waals surface area contributed by atoms with E-state index >= 15 is 0 Å². The summed E-state index contributed by atoms with van der Waals surface area (Å²) < 4.78 is 16.9. The summed E-state index contributed by atoms with van der Waals surface area (Å²) in [7, 11) is 0. The Kier molecular flexibility index (Phi) is 10.7. The van der Waals surface area contributed by atoms with Crippen molar-refractivity contribution in [2.24, 2.45) is 0 Å². The van der Waals surface area contributed by atoms with Crippen LogP contribution in [0, 0.1) is 0 Å². The van der Waals surface area contributed by atoms with Crippen LogP contribution in [0.3, 0.4) is 0 Å². The van der Waals surface area contributed by atoms with E-state index in [1.54, 1.807) is 0 Å². The highest BCUT2D eigenvalue weighted by Crippen LogP contribution is 2.25. The number of benzene rings is 3. The summed E-state index contributed by atoms with van der Waals surface area (Å²) >= 11 is 0. The lowest BCUT2D eigenvalue weighted by atomic mass is 10.1. The highest BCUT2D eigenvalue weighted by molar-refractivity contribution is 6.07. The topological polar surface area (TPSA) is 88.7 Å². The maximum Gasteiger partial charge on any atom is 0.256 e. The Morgan fingerprint density at radius 2 is 1.77 bits per heavy atom. The van der Waals surface area contributed by atoms with Crippen molar-refractivity contribution in [3.8, 4) is 5.75 Å². The maximum absolute atomic E-state index is 12.8. The van der Waals surface area contributed by atoms with E-state index in [9.17, 15) is 4.79 Å². The van der Waals surface area contributed by atoms with Gasteiger partial charge in [0, 0.05) is 30.1 Å². The third-order valence-corrected chi connectivity index (χ3v) is 6.63. The first kappa shape index (κ1) is 28.6. The predicted octanol–water partition coefficient (Wildman–Crippen LogP) is 5.10. The largest absolute Gasteiger partial charge is 0.491 e. The standard InChI is InChI=1S/C30H34N4O4.ClH/c35-30(25-10-8-23(9-11-25)7-4-14-34-15-17-36-18-16-34)31-29-27-13-12-26(21-28(27)32-33-29)38-20-19-37-22-24-5-2-1-3-6-24;/h1-3,5-6,8-13,21H,4,7,14-20,22H2,(H2,31,32,33,35);1H. The molecule has 0 saturated carbocycles. The third kappa shape index (κ3) is 8.28. The average Bonchev–Trinajstić information content (AvgIpc) is 3.36. The van der Waals surface area contributed by atoms with Crippen LogP contribution in [0.2, 0.25) is 0 Å². The molecule has 1 aliphatic heterocycles. The van der Waals surface area contributed by atoms with Crippen molar-refractivity contribution < 1.29 is 19.0 Å². The van der Waals surface area contributed by atoms with Gasteiger partial charge in [-0.1, -0.05) is 42.5 Å². The lowest BCUT2D eigenvalue weighted by molar-refractivity contribution is 0.0374. The number of fused-ring (bicyclic) bond motifs is 1. The number of hydrogen-bond acceptors (Lipinski definition) is 6. The fourth-order valence-corrected chi connectivity index (χ4v) is 4.50. The Morgan fingerprint density at radius 3 is 2.56 bits per heavy atom. The van der Waals surface area contributed by atoms with Crippen molar-refractivity contribution in [3.63, 3.8) is 0 Å². The molecule has 5 rings (SSSR count). The number of carbonyl (C=O) groups excluding carboxylic acids is 1. The molecule has 1 saturated heterocycles. The number of nitrogens with one attached hydrogen (secondary N) is 2. The van der Waals surface area contributed by atoms with Crippen molar-refractivity contribution >= 4 is 35.0 Å². The molecular weight excluding hydrogens is 516 g/mol. The molecule has 206 valence electrons. The normalized spacial score (nSPS) is 13.6. The van der Waals surface area contributed by atoms with E-state index in [-0.39, 0.29) is 18.3 Å². The van der Waals surface area contributed by atoms with Crippen LogP contribution >= 0.6 is 12.4 Å². The van der Waals surface area contributed by atoms with Crippen LogP contribution in [0.25, 0.3) is 10.9 Å². The minimum atomic E-state index is -0.186. The Bertz CT molecular complexity index is 1310. The second-order valence-corrected chi connectivity index (χ2v) is 9.37. The number of aromatic amines is 1. The van der Waals surface area contributed by atoms with Crippen LogP contribution in [0.1, 0.15) is 27.9 Å². The van der Waals surface area contributed by atoms with E-state index in [2.05, 4.69) is 20.4 Å². The van der Waals surface area contributed by atoms with Gasteiger partial charge in [0.25, 0.3) is 5.91 Å². The number of amides is 1. The molecule has 0 unspecified atom stereocenters. The second kappa shape index (κ2) is 14.6. The van der Waals surface area contributed by atoms with Gasteiger partial charge in [0.05, 0.1) is 31.9 Å². The minimum absolute atomic E-state index is 0. The summed E-state index contributed by atoms with van der Waals surface area (Å²) in [4.78, 5) is 15.3. The summed E-state index contributed by atoms with van der Waals surface area (Å²) in [6, 6.07) is 23.5. The molecule has 3 aromatic carbocycles. The van der Waals surface area contributed by atoms with Gasteiger partial charge in [0.15, 0.2) is 5.82 Å². The zero-order valence-corrected chi connectivity index (χ0v) is 22.8. The van der Waals surface area contributed by atoms with Crippen LogP contribution in [0.5, 0.6) is 5.75 Å². The van der Waals surface area contributed by atoms with Gasteiger partial charge in [-0.2, -0.15) is 5.10 Å². The molecule has 0 spiro atoms. The van der Waals surface area contributed by atoms with Crippen LogP contribution in [-0.2, 0) is 22.5 Å². The van der Waals surface area contributed by atoms with E-state index in [1.807, 2.05) is 72.8 Å². The van der Waals surface area contributed by atoms with Crippen molar-refractivity contribution in [2.75, 3.05) is 51.4 Å². The molecule has 0 radical (unpaired) electrons. The van der Waals surface area contributed by atoms with Crippen LogP contribution < -0.4 is 10.1 Å². The molecule has 0 atom stereocenters. The molecule has 2 heterocycles. The van der Waals surface area contributed by atoms with E-state index in [1.165, 1.54) is 5.56 Å². The number of hydrogen-bond donors (Lipinski definition) is 2. The van der Waals surface area contributed by atoms with E-state index in [4.69, 9.17) is 14.2 Å². The number of aromatic nitrogens is 2. The Morgan fingerprint density at radius 1 is 0.974 bits per heavy atom. The monoisotopic (exact) mass is 550 g/mol. The Hall–Kier alpha value is -3.43. The van der Waals surface area contributed by atoms with E-state index in [0.29, 0.717) is 37.0 Å². The average molecular weight is 551 g/mol. The van der Waals surface area contributed by atoms with Gasteiger partial charge >= 0.3 is 0 Å². The molecular formula is C30H35ClN4O4. The third-order valence-electron chi connectivity index (χ3n) is 6.63. The highest BCUT2D eigenvalue weighted by atomic mass is 35.5. The number of H-pyrrole nitrogens is 1. The van der Waals surface area contributed by atoms with Gasteiger partial charge in [-0.3, -0.25) is 14.8 Å². The summed E-state index contributed by atoms with van der Waals surface area (Å²) in [6.07, 6.45) is 2.09. The lowest BCUT2D eigenvalue weighted by Gasteiger charge is -2.26. The van der Waals surface area contributed by atoms with Crippen molar-refractivity contribution in [1.82, 2.24) is 15.1 Å². The van der Waals surface area contributed by atoms with E-state index < -0.39 is 0 Å². The van der Waals surface area contributed by atoms with Crippen LogP contribution in [0.15, 0.2) is 72.8 Å². The van der Waals surface area contributed by atoms with Crippen molar-refractivity contribution in [1.29, 1.82) is 0 Å². The quantitative estimate of drug-likeness (QED) is 0.239. The van der Waals surface area contributed by atoms with Gasteiger partial charge in [-0.05, 0) is 54.8 Å². The lowest BCUT2D eigenvalue weighted by Crippen LogP contribution is -2.36. The minimum Gasteiger partial charge on any atom is -0.491 e. The number of carbonyl (C=O) groups is 1. The molecule has 1 aliphatic rings. The molecule has 2 N–H and O–H groups in total. The summed E-state index contributed by atoms with van der Waals surface area (Å²) in [5, 5.41) is 11.0. The fraction of sp³-hybridized carbons (Fsp3) is 0.333. The molecule has 1 aromatic heterocycles. The highest BCUT2D eigenvalue weighted by Gasteiger charge is 2.13. The molecule has 1 amide bonds. The van der Waals surface area contributed by atoms with Crippen molar-refractivity contribution in [2.45, 2.75) is 19.4 Å². The number of halogens is 1. The number of rotatable bonds is 12. The Labute approximate surface area is 235 Å². The van der Waals surface area contributed by atoms with Gasteiger partial charge in [-0.25, -0.2) is 0 Å². The van der Waals surface area contributed by atoms with E-state index in [0.717, 1.165) is 62.2 Å². The smallest absolute Gasteiger partial charge is 0.256 e. The molecule has 39 heavy (non-hydrogen) atoms. The second-order valence-electron chi connectivity index (χ2n) is 9.37. The van der Waals surface area contributed by atoms with Crippen molar-refractivity contribution in [3.05, 3.63) is 89.5 Å². The molecule has 0 aliphatic carbocycles. The number of nitrogens with zero attached hydrogens (tertiary/aromatic N) is 2. The summed E-state index contributed by atoms with van der Waals surface area (Å²) in [5.74, 6) is 1.03. The number of morpholine rings is 1. The molecule has 8 nitrogen and oxygen atoms in total. The van der Waals surface area contributed by atoms with Gasteiger partial charge in [0.2, 0.25) is 0 Å². The number of ether oxygens (including phenoxy) is 3. The SMILES string of the molecule is Cl.O=C(Nc1n[nH]c2cc(OCCOCc3ccccc3)ccc12)c1ccc(CCCN2CCOCC2)cc1. The van der Waals surface area contributed by atoms with Gasteiger partial charge < -0.3 is 19.5 Å². The Balaban J connectivity index is 0.00000353. The predicted molar refractivity (Wildman–Crippen MR) is 155 cm³/mol. The summed E-state index contributed by atoms with van der Waals surface area (Å²) in [5.41, 5.74) is 3.77.